The molecule has 0 spiro atoms. The summed E-state index contributed by atoms with van der Waals surface area (Å²) in [4.78, 5) is 4.22. The van der Waals surface area contributed by atoms with Gasteiger partial charge in [0.25, 0.3) is 0 Å². The van der Waals surface area contributed by atoms with Gasteiger partial charge in [0.2, 0.25) is 0 Å². The second-order valence-electron chi connectivity index (χ2n) is 5.44. The van der Waals surface area contributed by atoms with E-state index in [9.17, 15) is 5.11 Å². The van der Waals surface area contributed by atoms with Crippen LogP contribution in [0.3, 0.4) is 0 Å². The van der Waals surface area contributed by atoms with Crippen molar-refractivity contribution in [2.45, 2.75) is 55.1 Å². The zero-order valence-corrected chi connectivity index (χ0v) is 11.0. The van der Waals surface area contributed by atoms with Gasteiger partial charge in [0, 0.05) is 22.4 Å². The van der Waals surface area contributed by atoms with Gasteiger partial charge < -0.3 is 5.11 Å². The molecule has 1 N–H and O–H groups in total. The molecule has 2 aliphatic heterocycles. The van der Waals surface area contributed by atoms with Crippen LogP contribution in [0.5, 0.6) is 0 Å². The molecule has 2 saturated heterocycles. The van der Waals surface area contributed by atoms with Gasteiger partial charge in [-0.2, -0.15) is 11.8 Å². The van der Waals surface area contributed by atoms with Crippen molar-refractivity contribution in [2.24, 2.45) is 0 Å². The average molecular weight is 249 g/mol. The monoisotopic (exact) mass is 249 g/mol. The van der Waals surface area contributed by atoms with Gasteiger partial charge in [-0.15, -0.1) is 0 Å². The van der Waals surface area contributed by atoms with E-state index in [1.54, 1.807) is 0 Å². The lowest BCUT2D eigenvalue weighted by Crippen LogP contribution is -2.40. The van der Waals surface area contributed by atoms with Crippen molar-refractivity contribution in [1.29, 1.82) is 0 Å². The number of fused-ring (bicyclic) bond motifs is 2. The first-order valence-electron chi connectivity index (χ1n) is 6.47. The number of hydrogen-bond donors (Lipinski definition) is 1. The Labute approximate surface area is 107 Å². The number of pyridine rings is 1. The van der Waals surface area contributed by atoms with Crippen LogP contribution in [0.2, 0.25) is 0 Å². The molecule has 3 heterocycles. The molecule has 1 aromatic rings. The third-order valence-corrected chi connectivity index (χ3v) is 5.58. The van der Waals surface area contributed by atoms with Crippen molar-refractivity contribution in [3.05, 3.63) is 29.6 Å². The highest BCUT2D eigenvalue weighted by molar-refractivity contribution is 8.00. The van der Waals surface area contributed by atoms with Crippen molar-refractivity contribution < 1.29 is 5.11 Å². The highest BCUT2D eigenvalue weighted by atomic mass is 32.2. The molecule has 0 radical (unpaired) electrons. The van der Waals surface area contributed by atoms with Gasteiger partial charge in [-0.3, -0.25) is 4.98 Å². The summed E-state index contributed by atoms with van der Waals surface area (Å²) < 4.78 is 0. The maximum absolute atomic E-state index is 10.9. The van der Waals surface area contributed by atoms with Gasteiger partial charge in [0.05, 0.1) is 5.60 Å². The molecular weight excluding hydrogens is 230 g/mol. The van der Waals surface area contributed by atoms with Gasteiger partial charge in [-0.1, -0.05) is 6.42 Å². The zero-order chi connectivity index (χ0) is 11.9. The zero-order valence-electron chi connectivity index (χ0n) is 10.2. The van der Waals surface area contributed by atoms with Crippen LogP contribution >= 0.6 is 11.8 Å². The summed E-state index contributed by atoms with van der Waals surface area (Å²) in [5.41, 5.74) is 1.47. The molecule has 0 aromatic carbocycles. The maximum Gasteiger partial charge on any atom is 0.0918 e. The first-order chi connectivity index (χ1) is 8.16. The minimum absolute atomic E-state index is 0.602. The number of aryl methyl sites for hydroxylation is 1. The fraction of sp³-hybridized carbons (Fsp3) is 0.643. The molecule has 3 rings (SSSR count). The molecular formula is C14H19NOS. The van der Waals surface area contributed by atoms with E-state index < -0.39 is 5.60 Å². The summed E-state index contributed by atoms with van der Waals surface area (Å²) >= 11 is 2.10. The highest BCUT2D eigenvalue weighted by Gasteiger charge is 2.42. The maximum atomic E-state index is 10.9. The van der Waals surface area contributed by atoms with Gasteiger partial charge in [-0.05, 0) is 50.3 Å². The molecule has 2 nitrogen and oxygen atoms in total. The number of nitrogens with zero attached hydrogens (tertiary/aromatic N) is 1. The SMILES string of the molecule is Cc1cc(C2(O)CC3CCCC(C2)S3)ccn1. The summed E-state index contributed by atoms with van der Waals surface area (Å²) in [6.45, 7) is 1.99. The van der Waals surface area contributed by atoms with Crippen LogP contribution < -0.4 is 0 Å². The van der Waals surface area contributed by atoms with E-state index in [0.29, 0.717) is 10.5 Å². The van der Waals surface area contributed by atoms with Gasteiger partial charge >= 0.3 is 0 Å². The molecule has 0 saturated carbocycles. The molecule has 92 valence electrons. The Bertz CT molecular complexity index is 408. The van der Waals surface area contributed by atoms with Crippen LogP contribution in [0.4, 0.5) is 0 Å². The molecule has 2 unspecified atom stereocenters. The fourth-order valence-electron chi connectivity index (χ4n) is 3.19. The summed E-state index contributed by atoms with van der Waals surface area (Å²) in [6, 6.07) is 4.03. The van der Waals surface area contributed by atoms with E-state index in [1.165, 1.54) is 19.3 Å². The average Bonchev–Trinajstić information content (AvgIpc) is 2.28. The summed E-state index contributed by atoms with van der Waals surface area (Å²) in [6.07, 6.45) is 7.53. The van der Waals surface area contributed by atoms with Gasteiger partial charge in [0.15, 0.2) is 0 Å². The van der Waals surface area contributed by atoms with E-state index in [0.717, 1.165) is 24.1 Å². The summed E-state index contributed by atoms with van der Waals surface area (Å²) in [5, 5.41) is 12.2. The minimum Gasteiger partial charge on any atom is -0.385 e. The lowest BCUT2D eigenvalue weighted by Gasteiger charge is -2.44. The molecule has 17 heavy (non-hydrogen) atoms. The van der Waals surface area contributed by atoms with Crippen LogP contribution in [0.1, 0.15) is 43.4 Å². The number of rotatable bonds is 1. The summed E-state index contributed by atoms with van der Waals surface area (Å²) in [7, 11) is 0. The quantitative estimate of drug-likeness (QED) is 0.830. The number of aromatic nitrogens is 1. The van der Waals surface area contributed by atoms with E-state index in [4.69, 9.17) is 0 Å². The third kappa shape index (κ3) is 2.23. The lowest BCUT2D eigenvalue weighted by molar-refractivity contribution is 0.00799. The molecule has 2 fully saturated rings. The first kappa shape index (κ1) is 11.5. The highest BCUT2D eigenvalue weighted by Crippen LogP contribution is 2.49. The van der Waals surface area contributed by atoms with E-state index >= 15 is 0 Å². The van der Waals surface area contributed by atoms with Crippen molar-refractivity contribution >= 4 is 11.8 Å². The third-order valence-electron chi connectivity index (χ3n) is 4.00. The minimum atomic E-state index is -0.602. The predicted molar refractivity (Wildman–Crippen MR) is 71.1 cm³/mol. The second-order valence-corrected chi connectivity index (χ2v) is 7.04. The predicted octanol–water partition coefficient (Wildman–Crippen LogP) is 3.03. The Morgan fingerprint density at radius 2 is 2.06 bits per heavy atom. The van der Waals surface area contributed by atoms with Crippen molar-refractivity contribution in [3.63, 3.8) is 0 Å². The Morgan fingerprint density at radius 3 is 2.71 bits per heavy atom. The first-order valence-corrected chi connectivity index (χ1v) is 7.41. The second kappa shape index (κ2) is 4.29. The van der Waals surface area contributed by atoms with E-state index in [1.807, 2.05) is 25.3 Å². The van der Waals surface area contributed by atoms with Gasteiger partial charge in [0.1, 0.15) is 0 Å². The Hall–Kier alpha value is -0.540. The molecule has 2 aliphatic rings. The topological polar surface area (TPSA) is 33.1 Å². The van der Waals surface area contributed by atoms with E-state index in [-0.39, 0.29) is 0 Å². The normalized spacial score (nSPS) is 36.8. The number of thioether (sulfide) groups is 1. The summed E-state index contributed by atoms with van der Waals surface area (Å²) in [5.74, 6) is 0. The standard InChI is InChI=1S/C14H19NOS/c1-10-7-11(5-6-15-10)14(16)8-12-3-2-4-13(9-14)17-12/h5-7,12-13,16H,2-4,8-9H2,1H3. The van der Waals surface area contributed by atoms with Crippen molar-refractivity contribution in [2.75, 3.05) is 0 Å². The Morgan fingerprint density at radius 1 is 1.35 bits per heavy atom. The molecule has 0 amide bonds. The fourth-order valence-corrected chi connectivity index (χ4v) is 5.08. The van der Waals surface area contributed by atoms with Crippen LogP contribution in [0.25, 0.3) is 0 Å². The van der Waals surface area contributed by atoms with Crippen LogP contribution in [0, 0.1) is 6.92 Å². The van der Waals surface area contributed by atoms with Crippen LogP contribution in [0.15, 0.2) is 18.3 Å². The van der Waals surface area contributed by atoms with Crippen molar-refractivity contribution in [3.8, 4) is 0 Å². The van der Waals surface area contributed by atoms with Crippen molar-refractivity contribution in [1.82, 2.24) is 4.98 Å². The van der Waals surface area contributed by atoms with Crippen LogP contribution in [-0.4, -0.2) is 20.6 Å². The largest absolute Gasteiger partial charge is 0.385 e. The molecule has 2 bridgehead atoms. The molecule has 3 heteroatoms. The smallest absolute Gasteiger partial charge is 0.0918 e. The Kier molecular flexibility index (Phi) is 2.91. The van der Waals surface area contributed by atoms with Gasteiger partial charge in [-0.25, -0.2) is 0 Å². The Balaban J connectivity index is 1.90. The number of aliphatic hydroxyl groups is 1. The molecule has 2 atom stereocenters. The molecule has 0 aliphatic carbocycles. The van der Waals surface area contributed by atoms with E-state index in [2.05, 4.69) is 16.7 Å². The molecule has 1 aromatic heterocycles. The number of hydrogen-bond acceptors (Lipinski definition) is 3. The lowest BCUT2D eigenvalue weighted by atomic mass is 9.80. The van der Waals surface area contributed by atoms with Crippen LogP contribution in [-0.2, 0) is 5.60 Å².